The van der Waals surface area contributed by atoms with E-state index in [2.05, 4.69) is 55.2 Å². The maximum atomic E-state index is 12.6. The summed E-state index contributed by atoms with van der Waals surface area (Å²) in [6.07, 6.45) is 5.68. The minimum Gasteiger partial charge on any atom is -0.323 e. The van der Waals surface area contributed by atoms with Gasteiger partial charge in [-0.15, -0.1) is 0 Å². The lowest BCUT2D eigenvalue weighted by molar-refractivity contribution is -0.141. The third-order valence-corrected chi connectivity index (χ3v) is 9.99. The Kier molecular flexibility index (Phi) is 13.8. The first-order valence-electron chi connectivity index (χ1n) is 20.2. The Bertz CT molecular complexity index is 3150. The van der Waals surface area contributed by atoms with E-state index in [1.807, 2.05) is 48.8 Å². The van der Waals surface area contributed by atoms with Gasteiger partial charge in [0, 0.05) is 64.2 Å². The lowest BCUT2D eigenvalue weighted by atomic mass is 10.2. The number of halogens is 6. The van der Waals surface area contributed by atoms with Gasteiger partial charge in [0.05, 0.1) is 45.9 Å². The van der Waals surface area contributed by atoms with Gasteiger partial charge in [-0.05, 0) is 127 Å². The van der Waals surface area contributed by atoms with Crippen molar-refractivity contribution < 1.29 is 40.7 Å². The molecule has 3 amide bonds. The van der Waals surface area contributed by atoms with Crippen molar-refractivity contribution in [2.45, 2.75) is 12.4 Å². The molecule has 3 aromatic carbocycles. The summed E-state index contributed by atoms with van der Waals surface area (Å²) in [5.74, 6) is -0.476. The second-order valence-corrected chi connectivity index (χ2v) is 14.5. The van der Waals surface area contributed by atoms with Crippen molar-refractivity contribution in [2.24, 2.45) is 0 Å². The van der Waals surface area contributed by atoms with Crippen molar-refractivity contribution in [2.75, 3.05) is 16.0 Å². The Hall–Kier alpha value is -9.06. The average molecular weight is 926 g/mol. The predicted octanol–water partition coefficient (Wildman–Crippen LogP) is 11.5. The highest BCUT2D eigenvalue weighted by Crippen LogP contribution is 2.31. The molecule has 12 nitrogen and oxygen atoms in total. The lowest BCUT2D eigenvalue weighted by Crippen LogP contribution is -2.08. The number of anilines is 3. The van der Waals surface area contributed by atoms with Gasteiger partial charge < -0.3 is 29.7 Å². The molecule has 6 heterocycles. The summed E-state index contributed by atoms with van der Waals surface area (Å²) in [7, 11) is 0. The predicted molar refractivity (Wildman–Crippen MR) is 250 cm³/mol. The zero-order chi connectivity index (χ0) is 48.6. The molecule has 0 radical (unpaired) electrons. The zero-order valence-corrected chi connectivity index (χ0v) is 35.5. The first-order valence-corrected chi connectivity index (χ1v) is 20.2. The molecule has 3 N–H and O–H groups in total. The normalized spacial score (nSPS) is 11.1. The minimum atomic E-state index is -4.46. The topological polar surface area (TPSA) is 141 Å². The van der Waals surface area contributed by atoms with Crippen molar-refractivity contribution >= 4 is 67.5 Å². The van der Waals surface area contributed by atoms with Crippen LogP contribution in [0.1, 0.15) is 11.3 Å². The number of carbonyl (C=O) groups is 3. The van der Waals surface area contributed by atoms with E-state index in [9.17, 15) is 40.7 Å². The van der Waals surface area contributed by atoms with Crippen LogP contribution in [0.15, 0.2) is 191 Å². The van der Waals surface area contributed by atoms with E-state index < -0.39 is 23.6 Å². The molecule has 0 bridgehead atoms. The molecule has 0 saturated heterocycles. The number of nitrogens with one attached hydrogen (secondary N) is 3. The first-order chi connectivity index (χ1) is 32.5. The van der Waals surface area contributed by atoms with Crippen molar-refractivity contribution in [1.29, 1.82) is 0 Å². The number of rotatable bonds is 9. The highest BCUT2D eigenvalue weighted by Gasteiger charge is 2.32. The smallest absolute Gasteiger partial charge is 0.323 e. The van der Waals surface area contributed by atoms with E-state index in [-0.39, 0.29) is 17.7 Å². The number of pyridine rings is 3. The SMILES string of the molecule is C=CC(=O)Nc1ccc2c(ccn2-c2ccc(C(F)(F)F)cn2)c1.C=CC(=O)Nc1ccc2c(ccn2-c2ccc(C(F)(F)F)nc2)c1.C=CC(=O)Nc1ccc2c(ccn2-c2cccnc2)c1. The van der Waals surface area contributed by atoms with Crippen LogP contribution in [0.25, 0.3) is 49.9 Å². The molecule has 68 heavy (non-hydrogen) atoms. The molecule has 0 saturated carbocycles. The Morgan fingerprint density at radius 1 is 0.500 bits per heavy atom. The molecule has 0 aliphatic rings. The molecule has 342 valence electrons. The van der Waals surface area contributed by atoms with E-state index >= 15 is 0 Å². The monoisotopic (exact) mass is 925 g/mol. The Balaban J connectivity index is 0.000000152. The fraction of sp³-hybridized carbons (Fsp3) is 0.0400. The molecule has 0 spiro atoms. The second-order valence-electron chi connectivity index (χ2n) is 14.5. The summed E-state index contributed by atoms with van der Waals surface area (Å²) in [6.45, 7) is 10.2. The van der Waals surface area contributed by atoms with Crippen molar-refractivity contribution in [3.05, 3.63) is 202 Å². The van der Waals surface area contributed by atoms with E-state index in [0.29, 0.717) is 22.9 Å². The molecule has 9 aromatic rings. The summed E-state index contributed by atoms with van der Waals surface area (Å²) >= 11 is 0. The van der Waals surface area contributed by atoms with E-state index in [1.54, 1.807) is 76.3 Å². The number of carbonyl (C=O) groups excluding carboxylic acids is 3. The van der Waals surface area contributed by atoms with Crippen LogP contribution in [-0.2, 0) is 26.7 Å². The van der Waals surface area contributed by atoms with Gasteiger partial charge in [0.2, 0.25) is 17.7 Å². The molecular formula is C50H37F6N9O3. The Labute approximate surface area is 383 Å². The highest BCUT2D eigenvalue weighted by molar-refractivity contribution is 6.02. The Morgan fingerprint density at radius 3 is 1.35 bits per heavy atom. The standard InChI is InChI=1S/2C17H12F3N3O.C16H13N3O/c1-2-16(24)22-13-4-5-14-11(9-13)7-8-23(14)15-6-3-12(10-21-15)17(18,19)20;1-2-16(24)22-12-3-5-14-11(9-12)7-8-23(14)13-4-6-15(21-10-13)17(18,19)20;1-2-16(20)18-13-5-6-15-12(10-13)7-9-19(15)14-4-3-8-17-11-14/h2*2-10H,1H2,(H,22,24);2-11H,1H2,(H,18,20). The van der Waals surface area contributed by atoms with Crippen LogP contribution in [0, 0.1) is 0 Å². The van der Waals surface area contributed by atoms with Gasteiger partial charge in [0.25, 0.3) is 0 Å². The van der Waals surface area contributed by atoms with Crippen LogP contribution in [0.5, 0.6) is 0 Å². The fourth-order valence-electron chi connectivity index (χ4n) is 6.78. The average Bonchev–Trinajstić information content (AvgIpc) is 4.08. The summed E-state index contributed by atoms with van der Waals surface area (Å²) in [6, 6.07) is 30.4. The van der Waals surface area contributed by atoms with Crippen LogP contribution in [-0.4, -0.2) is 46.4 Å². The summed E-state index contributed by atoms with van der Waals surface area (Å²) < 4.78 is 81.0. The number of hydrogen-bond acceptors (Lipinski definition) is 6. The zero-order valence-electron chi connectivity index (χ0n) is 35.5. The number of alkyl halides is 6. The maximum Gasteiger partial charge on any atom is 0.433 e. The number of nitrogens with zero attached hydrogens (tertiary/aromatic N) is 6. The van der Waals surface area contributed by atoms with Crippen LogP contribution in [0.4, 0.5) is 43.4 Å². The molecule has 0 atom stereocenters. The number of amides is 3. The largest absolute Gasteiger partial charge is 0.433 e. The molecule has 18 heteroatoms. The number of benzene rings is 3. The van der Waals surface area contributed by atoms with Crippen molar-refractivity contribution in [1.82, 2.24) is 28.7 Å². The van der Waals surface area contributed by atoms with Gasteiger partial charge in [-0.3, -0.25) is 19.4 Å². The molecule has 0 aliphatic heterocycles. The van der Waals surface area contributed by atoms with Gasteiger partial charge in [0.1, 0.15) is 11.5 Å². The van der Waals surface area contributed by atoms with Crippen LogP contribution in [0.2, 0.25) is 0 Å². The molecular weight excluding hydrogens is 889 g/mol. The van der Waals surface area contributed by atoms with E-state index in [0.717, 1.165) is 62.4 Å². The van der Waals surface area contributed by atoms with Gasteiger partial charge in [-0.2, -0.15) is 26.3 Å². The number of aromatic nitrogens is 6. The third-order valence-electron chi connectivity index (χ3n) is 9.99. The second kappa shape index (κ2) is 20.0. The molecule has 6 aromatic heterocycles. The van der Waals surface area contributed by atoms with Crippen LogP contribution >= 0.6 is 0 Å². The first kappa shape index (κ1) is 46.9. The van der Waals surface area contributed by atoms with E-state index in [4.69, 9.17) is 0 Å². The number of fused-ring (bicyclic) bond motifs is 3. The van der Waals surface area contributed by atoms with Gasteiger partial charge in [-0.1, -0.05) is 19.7 Å². The summed E-state index contributed by atoms with van der Waals surface area (Å²) in [4.78, 5) is 45.4. The van der Waals surface area contributed by atoms with Gasteiger partial charge in [-0.25, -0.2) is 9.97 Å². The maximum absolute atomic E-state index is 12.6. The summed E-state index contributed by atoms with van der Waals surface area (Å²) in [5.41, 5.74) is 4.37. The lowest BCUT2D eigenvalue weighted by Gasteiger charge is -2.09. The fourth-order valence-corrected chi connectivity index (χ4v) is 6.78. The van der Waals surface area contributed by atoms with Gasteiger partial charge in [0.15, 0.2) is 0 Å². The molecule has 0 fully saturated rings. The molecule has 0 aliphatic carbocycles. The van der Waals surface area contributed by atoms with Crippen LogP contribution in [0.3, 0.4) is 0 Å². The highest BCUT2D eigenvalue weighted by atomic mass is 19.4. The quantitative estimate of drug-likeness (QED) is 0.0972. The Morgan fingerprint density at radius 2 is 0.971 bits per heavy atom. The van der Waals surface area contributed by atoms with Crippen LogP contribution < -0.4 is 16.0 Å². The van der Waals surface area contributed by atoms with Crippen molar-refractivity contribution in [3.63, 3.8) is 0 Å². The minimum absolute atomic E-state index is 0.212. The summed E-state index contributed by atoms with van der Waals surface area (Å²) in [5, 5.41) is 10.8. The van der Waals surface area contributed by atoms with E-state index in [1.165, 1.54) is 36.6 Å². The number of hydrogen-bond donors (Lipinski definition) is 3. The molecule has 0 unspecified atom stereocenters. The van der Waals surface area contributed by atoms with Crippen molar-refractivity contribution in [3.8, 4) is 17.2 Å². The molecule has 9 rings (SSSR count). The third kappa shape index (κ3) is 11.1. The van der Waals surface area contributed by atoms with Gasteiger partial charge >= 0.3 is 12.4 Å².